The molecule has 0 fully saturated rings. The van der Waals surface area contributed by atoms with Gasteiger partial charge in [-0.2, -0.15) is 13.2 Å². The Hall–Kier alpha value is -4.44. The number of thiophene rings is 1. The smallest absolute Gasteiger partial charge is 0.397 e. The highest BCUT2D eigenvalue weighted by molar-refractivity contribution is 7.13. The first-order valence-corrected chi connectivity index (χ1v) is 12.6. The van der Waals surface area contributed by atoms with Crippen LogP contribution in [0.15, 0.2) is 90.4 Å². The highest BCUT2D eigenvalue weighted by atomic mass is 32.1. The molecule has 5 aromatic rings. The van der Waals surface area contributed by atoms with Gasteiger partial charge in [-0.15, -0.1) is 16.4 Å². The molecule has 3 N–H and O–H groups in total. The van der Waals surface area contributed by atoms with E-state index in [2.05, 4.69) is 15.6 Å². The maximum Gasteiger partial charge on any atom is 0.416 e. The highest BCUT2D eigenvalue weighted by Crippen LogP contribution is 2.31. The van der Waals surface area contributed by atoms with E-state index in [9.17, 15) is 18.0 Å². The summed E-state index contributed by atoms with van der Waals surface area (Å²) in [6, 6.07) is 21.7. The van der Waals surface area contributed by atoms with E-state index >= 15 is 0 Å². The number of nitrogen functional groups attached to an aromatic ring is 1. The molecule has 3 aromatic carbocycles. The zero-order valence-corrected chi connectivity index (χ0v) is 20.8. The first-order valence-electron chi connectivity index (χ1n) is 11.7. The number of carbonyl (C=O) groups excluding carboxylic acids is 1. The standard InChI is InChI=1S/C28H22F3N5OS/c29-28(30,31)22-4-1-3-18(15-22)12-13-36-17-25(34-35-36)19-6-8-20(9-7-19)27(37)33-24-16-21(10-11-23(24)32)26-5-2-14-38-26/h1-11,14-17H,12-13,32H2,(H,33,37). The van der Waals surface area contributed by atoms with Crippen molar-refractivity contribution in [1.82, 2.24) is 15.0 Å². The van der Waals surface area contributed by atoms with Crippen molar-refractivity contribution in [3.05, 3.63) is 107 Å². The third-order valence-electron chi connectivity index (χ3n) is 5.97. The van der Waals surface area contributed by atoms with Crippen molar-refractivity contribution in [2.45, 2.75) is 19.1 Å². The summed E-state index contributed by atoms with van der Waals surface area (Å²) in [5, 5.41) is 13.1. The molecule has 0 radical (unpaired) electrons. The fraction of sp³-hybridized carbons (Fsp3) is 0.107. The molecule has 38 heavy (non-hydrogen) atoms. The Labute approximate surface area is 220 Å². The summed E-state index contributed by atoms with van der Waals surface area (Å²) >= 11 is 1.60. The molecule has 0 bridgehead atoms. The second-order valence-corrected chi connectivity index (χ2v) is 9.57. The Balaban J connectivity index is 1.23. The van der Waals surface area contributed by atoms with Crippen LogP contribution in [0.4, 0.5) is 24.5 Å². The van der Waals surface area contributed by atoms with Crippen molar-refractivity contribution in [1.29, 1.82) is 0 Å². The fourth-order valence-corrected chi connectivity index (χ4v) is 4.66. The zero-order chi connectivity index (χ0) is 26.7. The number of hydrogen-bond acceptors (Lipinski definition) is 5. The van der Waals surface area contributed by atoms with Crippen LogP contribution in [0.5, 0.6) is 0 Å². The van der Waals surface area contributed by atoms with Crippen LogP contribution in [-0.2, 0) is 19.1 Å². The van der Waals surface area contributed by atoms with Crippen molar-refractivity contribution < 1.29 is 18.0 Å². The summed E-state index contributed by atoms with van der Waals surface area (Å²) in [5.74, 6) is -0.295. The molecule has 6 nitrogen and oxygen atoms in total. The van der Waals surface area contributed by atoms with Gasteiger partial charge >= 0.3 is 6.18 Å². The number of rotatable bonds is 7. The Bertz CT molecular complexity index is 1560. The predicted octanol–water partition coefficient (Wildman–Crippen LogP) is 6.77. The molecule has 1 amide bonds. The van der Waals surface area contributed by atoms with Crippen LogP contribution in [0.1, 0.15) is 21.5 Å². The Morgan fingerprint density at radius 2 is 1.76 bits per heavy atom. The fourth-order valence-electron chi connectivity index (χ4n) is 3.93. The molecule has 0 unspecified atom stereocenters. The average Bonchev–Trinajstić information content (AvgIpc) is 3.61. The molecule has 5 rings (SSSR count). The van der Waals surface area contributed by atoms with Crippen molar-refractivity contribution in [2.24, 2.45) is 0 Å². The summed E-state index contributed by atoms with van der Waals surface area (Å²) in [6.07, 6.45) is -2.28. The number of nitrogens with zero attached hydrogens (tertiary/aromatic N) is 3. The summed E-state index contributed by atoms with van der Waals surface area (Å²) in [7, 11) is 0. The van der Waals surface area contributed by atoms with E-state index in [1.807, 2.05) is 29.6 Å². The molecule has 0 aliphatic heterocycles. The van der Waals surface area contributed by atoms with Crippen LogP contribution in [0.2, 0.25) is 0 Å². The third-order valence-corrected chi connectivity index (χ3v) is 6.89. The van der Waals surface area contributed by atoms with Gasteiger partial charge in [-0.05, 0) is 59.3 Å². The Morgan fingerprint density at radius 1 is 0.974 bits per heavy atom. The van der Waals surface area contributed by atoms with Crippen molar-refractivity contribution in [3.63, 3.8) is 0 Å². The average molecular weight is 534 g/mol. The molecule has 192 valence electrons. The minimum absolute atomic E-state index is 0.295. The summed E-state index contributed by atoms with van der Waals surface area (Å²) in [6.45, 7) is 0.376. The lowest BCUT2D eigenvalue weighted by molar-refractivity contribution is -0.137. The molecule has 0 saturated heterocycles. The third kappa shape index (κ3) is 5.76. The minimum Gasteiger partial charge on any atom is -0.397 e. The molecule has 10 heteroatoms. The number of carbonyl (C=O) groups is 1. The van der Waals surface area contributed by atoms with Gasteiger partial charge in [-0.1, -0.05) is 47.7 Å². The lowest BCUT2D eigenvalue weighted by Crippen LogP contribution is -2.13. The van der Waals surface area contributed by atoms with Crippen LogP contribution in [0, 0.1) is 0 Å². The van der Waals surface area contributed by atoms with Gasteiger partial charge < -0.3 is 11.1 Å². The van der Waals surface area contributed by atoms with Crippen LogP contribution in [0.3, 0.4) is 0 Å². The van der Waals surface area contributed by atoms with Gasteiger partial charge in [-0.25, -0.2) is 0 Å². The van der Waals surface area contributed by atoms with E-state index < -0.39 is 11.7 Å². The van der Waals surface area contributed by atoms with Crippen molar-refractivity contribution >= 4 is 28.6 Å². The van der Waals surface area contributed by atoms with Crippen molar-refractivity contribution in [2.75, 3.05) is 11.1 Å². The Kier molecular flexibility index (Phi) is 6.97. The van der Waals surface area contributed by atoms with Gasteiger partial charge in [0.2, 0.25) is 0 Å². The molecular formula is C28H22F3N5OS. The first kappa shape index (κ1) is 25.2. The number of nitrogens with two attached hydrogens (primary N) is 1. The van der Waals surface area contributed by atoms with E-state index in [1.54, 1.807) is 58.6 Å². The number of anilines is 2. The number of alkyl halides is 3. The monoisotopic (exact) mass is 533 g/mol. The predicted molar refractivity (Wildman–Crippen MR) is 143 cm³/mol. The number of aryl methyl sites for hydroxylation is 2. The number of amides is 1. The number of aromatic nitrogens is 3. The van der Waals surface area contributed by atoms with Gasteiger partial charge in [0, 0.05) is 22.5 Å². The van der Waals surface area contributed by atoms with Crippen LogP contribution in [0.25, 0.3) is 21.7 Å². The topological polar surface area (TPSA) is 85.8 Å². The van der Waals surface area contributed by atoms with Crippen molar-refractivity contribution in [3.8, 4) is 21.7 Å². The normalized spacial score (nSPS) is 11.4. The Morgan fingerprint density at radius 3 is 2.50 bits per heavy atom. The maximum atomic E-state index is 12.9. The van der Waals surface area contributed by atoms with Crippen LogP contribution >= 0.6 is 11.3 Å². The van der Waals surface area contributed by atoms with Crippen LogP contribution < -0.4 is 11.1 Å². The summed E-state index contributed by atoms with van der Waals surface area (Å²) in [4.78, 5) is 13.9. The number of benzene rings is 3. The number of halogens is 3. The SMILES string of the molecule is Nc1ccc(-c2cccs2)cc1NC(=O)c1ccc(-c2cn(CCc3cccc(C(F)(F)F)c3)nn2)cc1. The second kappa shape index (κ2) is 10.5. The van der Waals surface area contributed by atoms with Gasteiger partial charge in [0.15, 0.2) is 0 Å². The number of hydrogen-bond donors (Lipinski definition) is 2. The molecule has 2 heterocycles. The molecule has 0 saturated carbocycles. The highest BCUT2D eigenvalue weighted by Gasteiger charge is 2.30. The second-order valence-electron chi connectivity index (χ2n) is 8.63. The minimum atomic E-state index is -4.37. The molecule has 0 aliphatic rings. The van der Waals surface area contributed by atoms with E-state index in [4.69, 9.17) is 5.73 Å². The first-order chi connectivity index (χ1) is 18.3. The van der Waals surface area contributed by atoms with Crippen LogP contribution in [-0.4, -0.2) is 20.9 Å². The largest absolute Gasteiger partial charge is 0.416 e. The molecule has 0 spiro atoms. The zero-order valence-electron chi connectivity index (χ0n) is 19.9. The van der Waals surface area contributed by atoms with E-state index in [1.165, 1.54) is 6.07 Å². The van der Waals surface area contributed by atoms with Gasteiger partial charge in [-0.3, -0.25) is 9.48 Å². The maximum absolute atomic E-state index is 12.9. The molecule has 0 aliphatic carbocycles. The van der Waals surface area contributed by atoms with Gasteiger partial charge in [0.25, 0.3) is 5.91 Å². The number of nitrogens with one attached hydrogen (secondary N) is 1. The summed E-state index contributed by atoms with van der Waals surface area (Å²) < 4.78 is 40.4. The van der Waals surface area contributed by atoms with Gasteiger partial charge in [0.05, 0.1) is 23.1 Å². The van der Waals surface area contributed by atoms with Gasteiger partial charge in [0.1, 0.15) is 5.69 Å². The van der Waals surface area contributed by atoms with E-state index in [0.717, 1.165) is 28.1 Å². The molecule has 2 aromatic heterocycles. The van der Waals surface area contributed by atoms with E-state index in [0.29, 0.717) is 41.2 Å². The summed E-state index contributed by atoms with van der Waals surface area (Å²) in [5.41, 5.74) is 9.75. The lowest BCUT2D eigenvalue weighted by atomic mass is 10.1. The molecule has 0 atom stereocenters. The molecular weight excluding hydrogens is 511 g/mol. The van der Waals surface area contributed by atoms with E-state index in [-0.39, 0.29) is 5.91 Å². The lowest BCUT2D eigenvalue weighted by Gasteiger charge is -2.10. The quantitative estimate of drug-likeness (QED) is 0.226.